The zero-order valence-electron chi connectivity index (χ0n) is 12.5. The number of para-hydroxylation sites is 3. The van der Waals surface area contributed by atoms with Gasteiger partial charge in [-0.15, -0.1) is 0 Å². The molecule has 0 radical (unpaired) electrons. The molecule has 2 heterocycles. The summed E-state index contributed by atoms with van der Waals surface area (Å²) in [6.45, 7) is 0. The number of rotatable bonds is 3. The predicted molar refractivity (Wildman–Crippen MR) is 91.3 cm³/mol. The summed E-state index contributed by atoms with van der Waals surface area (Å²) in [5.41, 5.74) is 10.3. The molecular formula is C19H16N4. The van der Waals surface area contributed by atoms with Crippen molar-refractivity contribution in [3.05, 3.63) is 90.5 Å². The van der Waals surface area contributed by atoms with Crippen molar-refractivity contribution in [1.29, 1.82) is 0 Å². The molecule has 0 aliphatic rings. The Morgan fingerprint density at radius 1 is 0.826 bits per heavy atom. The van der Waals surface area contributed by atoms with Crippen LogP contribution in [0, 0.1) is 0 Å². The third-order valence-electron chi connectivity index (χ3n) is 3.89. The van der Waals surface area contributed by atoms with Gasteiger partial charge < -0.3 is 5.73 Å². The first-order valence-electron chi connectivity index (χ1n) is 7.54. The van der Waals surface area contributed by atoms with Gasteiger partial charge in [-0.3, -0.25) is 9.55 Å². The van der Waals surface area contributed by atoms with E-state index in [-0.39, 0.29) is 6.04 Å². The lowest BCUT2D eigenvalue weighted by Crippen LogP contribution is -2.18. The highest BCUT2D eigenvalue weighted by Crippen LogP contribution is 2.26. The second kappa shape index (κ2) is 5.66. The van der Waals surface area contributed by atoms with Crippen LogP contribution >= 0.6 is 0 Å². The number of hydrogen-bond donors (Lipinski definition) is 1. The standard InChI is InChI=1S/C19H16N4/c20-18(16-11-6-7-13-21-16)19-22-15-10-4-5-12-17(15)23(19)14-8-2-1-3-9-14/h1-13,18H,20H2. The smallest absolute Gasteiger partial charge is 0.137 e. The van der Waals surface area contributed by atoms with E-state index in [9.17, 15) is 0 Å². The van der Waals surface area contributed by atoms with Crippen molar-refractivity contribution in [2.75, 3.05) is 0 Å². The number of nitrogens with zero attached hydrogens (tertiary/aromatic N) is 3. The molecule has 0 spiro atoms. The molecule has 2 aromatic heterocycles. The molecule has 4 aromatic rings. The van der Waals surface area contributed by atoms with Crippen molar-refractivity contribution in [1.82, 2.24) is 14.5 Å². The molecule has 0 bridgehead atoms. The van der Waals surface area contributed by atoms with Crippen LogP contribution in [0.5, 0.6) is 0 Å². The van der Waals surface area contributed by atoms with Crippen molar-refractivity contribution in [2.24, 2.45) is 5.73 Å². The van der Waals surface area contributed by atoms with Gasteiger partial charge in [0.2, 0.25) is 0 Å². The third-order valence-corrected chi connectivity index (χ3v) is 3.89. The normalized spacial score (nSPS) is 12.4. The average molecular weight is 300 g/mol. The minimum absolute atomic E-state index is 0.385. The summed E-state index contributed by atoms with van der Waals surface area (Å²) in [4.78, 5) is 9.14. The summed E-state index contributed by atoms with van der Waals surface area (Å²) in [5.74, 6) is 0.788. The summed E-state index contributed by atoms with van der Waals surface area (Å²) in [6, 6.07) is 23.6. The van der Waals surface area contributed by atoms with Crippen LogP contribution in [0.2, 0.25) is 0 Å². The highest BCUT2D eigenvalue weighted by atomic mass is 15.1. The largest absolute Gasteiger partial charge is 0.316 e. The SMILES string of the molecule is NC(c1ccccn1)c1nc2ccccc2n1-c1ccccc1. The molecule has 1 atom stereocenters. The molecule has 4 nitrogen and oxygen atoms in total. The van der Waals surface area contributed by atoms with Crippen LogP contribution in [0.3, 0.4) is 0 Å². The molecule has 0 saturated heterocycles. The molecule has 4 heteroatoms. The Morgan fingerprint density at radius 2 is 1.57 bits per heavy atom. The highest BCUT2D eigenvalue weighted by molar-refractivity contribution is 5.78. The van der Waals surface area contributed by atoms with Crippen LogP contribution in [0.1, 0.15) is 17.6 Å². The topological polar surface area (TPSA) is 56.7 Å². The van der Waals surface area contributed by atoms with Gasteiger partial charge >= 0.3 is 0 Å². The Labute approximate surface area is 134 Å². The zero-order valence-corrected chi connectivity index (χ0v) is 12.5. The molecule has 4 rings (SSSR count). The fraction of sp³-hybridized carbons (Fsp3) is 0.0526. The third kappa shape index (κ3) is 2.39. The van der Waals surface area contributed by atoms with Crippen LogP contribution in [0.4, 0.5) is 0 Å². The van der Waals surface area contributed by atoms with E-state index in [4.69, 9.17) is 10.7 Å². The first-order chi connectivity index (χ1) is 11.3. The van der Waals surface area contributed by atoms with Gasteiger partial charge in [0.1, 0.15) is 11.9 Å². The Bertz CT molecular complexity index is 929. The molecule has 0 aliphatic carbocycles. The monoisotopic (exact) mass is 300 g/mol. The Balaban J connectivity index is 1.96. The molecule has 0 saturated carbocycles. The molecule has 2 N–H and O–H groups in total. The number of hydrogen-bond acceptors (Lipinski definition) is 3. The second-order valence-electron chi connectivity index (χ2n) is 5.36. The summed E-state index contributed by atoms with van der Waals surface area (Å²) >= 11 is 0. The van der Waals surface area contributed by atoms with Gasteiger partial charge in [-0.05, 0) is 36.4 Å². The van der Waals surface area contributed by atoms with Crippen LogP contribution in [-0.4, -0.2) is 14.5 Å². The van der Waals surface area contributed by atoms with Gasteiger partial charge in [-0.25, -0.2) is 4.98 Å². The maximum absolute atomic E-state index is 6.47. The van der Waals surface area contributed by atoms with Crippen molar-refractivity contribution in [3.8, 4) is 5.69 Å². The van der Waals surface area contributed by atoms with Gasteiger partial charge in [-0.2, -0.15) is 0 Å². The van der Waals surface area contributed by atoms with Crippen molar-refractivity contribution >= 4 is 11.0 Å². The van der Waals surface area contributed by atoms with E-state index in [2.05, 4.69) is 27.8 Å². The molecular weight excluding hydrogens is 284 g/mol. The van der Waals surface area contributed by atoms with Crippen molar-refractivity contribution in [2.45, 2.75) is 6.04 Å². The molecule has 1 unspecified atom stereocenters. The predicted octanol–water partition coefficient (Wildman–Crippen LogP) is 3.47. The molecule has 2 aromatic carbocycles. The van der Waals surface area contributed by atoms with E-state index in [0.717, 1.165) is 28.2 Å². The maximum Gasteiger partial charge on any atom is 0.137 e. The quantitative estimate of drug-likeness (QED) is 0.630. The molecule has 0 aliphatic heterocycles. The summed E-state index contributed by atoms with van der Waals surface area (Å²) < 4.78 is 2.11. The summed E-state index contributed by atoms with van der Waals surface area (Å²) in [7, 11) is 0. The molecule has 0 fully saturated rings. The Morgan fingerprint density at radius 3 is 2.35 bits per heavy atom. The van der Waals surface area contributed by atoms with E-state index in [1.807, 2.05) is 54.6 Å². The van der Waals surface area contributed by atoms with Crippen molar-refractivity contribution < 1.29 is 0 Å². The highest BCUT2D eigenvalue weighted by Gasteiger charge is 2.20. The van der Waals surface area contributed by atoms with Gasteiger partial charge in [0.15, 0.2) is 0 Å². The molecule has 23 heavy (non-hydrogen) atoms. The van der Waals surface area contributed by atoms with Gasteiger partial charge in [0.25, 0.3) is 0 Å². The minimum atomic E-state index is -0.385. The Kier molecular flexibility index (Phi) is 3.37. The fourth-order valence-electron chi connectivity index (χ4n) is 2.79. The van der Waals surface area contributed by atoms with Gasteiger partial charge in [0.05, 0.1) is 16.7 Å². The number of aromatic nitrogens is 3. The number of fused-ring (bicyclic) bond motifs is 1. The summed E-state index contributed by atoms with van der Waals surface area (Å²) in [5, 5.41) is 0. The zero-order chi connectivity index (χ0) is 15.6. The average Bonchev–Trinajstić information content (AvgIpc) is 3.02. The van der Waals surface area contributed by atoms with E-state index in [1.165, 1.54) is 0 Å². The number of imidazole rings is 1. The maximum atomic E-state index is 6.47. The lowest BCUT2D eigenvalue weighted by Gasteiger charge is -2.14. The van der Waals surface area contributed by atoms with E-state index in [0.29, 0.717) is 0 Å². The van der Waals surface area contributed by atoms with Gasteiger partial charge in [-0.1, -0.05) is 36.4 Å². The first kappa shape index (κ1) is 13.7. The fourth-order valence-corrected chi connectivity index (χ4v) is 2.79. The van der Waals surface area contributed by atoms with Crippen molar-refractivity contribution in [3.63, 3.8) is 0 Å². The lowest BCUT2D eigenvalue weighted by molar-refractivity contribution is 0.742. The van der Waals surface area contributed by atoms with Crippen LogP contribution in [-0.2, 0) is 0 Å². The van der Waals surface area contributed by atoms with E-state index < -0.39 is 0 Å². The minimum Gasteiger partial charge on any atom is -0.316 e. The number of nitrogens with two attached hydrogens (primary N) is 1. The number of pyridine rings is 1. The lowest BCUT2D eigenvalue weighted by atomic mass is 10.2. The van der Waals surface area contributed by atoms with Crippen LogP contribution < -0.4 is 5.73 Å². The van der Waals surface area contributed by atoms with Crippen LogP contribution in [0.25, 0.3) is 16.7 Å². The van der Waals surface area contributed by atoms with Gasteiger partial charge in [0, 0.05) is 11.9 Å². The summed E-state index contributed by atoms with van der Waals surface area (Å²) in [6.07, 6.45) is 1.75. The molecule has 112 valence electrons. The van der Waals surface area contributed by atoms with Crippen LogP contribution in [0.15, 0.2) is 79.0 Å². The Hall–Kier alpha value is -2.98. The first-order valence-corrected chi connectivity index (χ1v) is 7.54. The van der Waals surface area contributed by atoms with E-state index >= 15 is 0 Å². The second-order valence-corrected chi connectivity index (χ2v) is 5.36. The number of benzene rings is 2. The molecule has 0 amide bonds. The van der Waals surface area contributed by atoms with E-state index in [1.54, 1.807) is 6.20 Å².